The number of hydrogen-bond acceptors (Lipinski definition) is 3. The Morgan fingerprint density at radius 2 is 1.77 bits per heavy atom. The van der Waals surface area contributed by atoms with E-state index in [4.69, 9.17) is 4.74 Å². The first-order chi connectivity index (χ1) is 10.5. The highest BCUT2D eigenvalue weighted by Gasteiger charge is 2.22. The quantitative estimate of drug-likeness (QED) is 0.787. The molecule has 0 aromatic heterocycles. The lowest BCUT2D eigenvalue weighted by atomic mass is 10.0. The predicted octanol–water partition coefficient (Wildman–Crippen LogP) is 3.83. The van der Waals surface area contributed by atoms with E-state index in [0.717, 1.165) is 16.0 Å². The second-order valence-electron chi connectivity index (χ2n) is 5.09. The molecule has 116 valence electrons. The van der Waals surface area contributed by atoms with Crippen LogP contribution in [0.25, 0.3) is 0 Å². The van der Waals surface area contributed by atoms with Gasteiger partial charge in [-0.3, -0.25) is 4.79 Å². The van der Waals surface area contributed by atoms with Crippen molar-refractivity contribution >= 4 is 16.8 Å². The zero-order valence-electron chi connectivity index (χ0n) is 13.0. The van der Waals surface area contributed by atoms with Crippen molar-refractivity contribution in [2.45, 2.75) is 36.5 Å². The molecule has 0 heterocycles. The molecule has 0 spiro atoms. The van der Waals surface area contributed by atoms with Gasteiger partial charge in [-0.15, -0.1) is 0 Å². The molecule has 0 bridgehead atoms. The maximum absolute atomic E-state index is 12.8. The monoisotopic (exact) mass is 316 g/mol. The normalized spacial score (nSPS) is 13.4. The predicted molar refractivity (Wildman–Crippen MR) is 87.3 cm³/mol. The summed E-state index contributed by atoms with van der Waals surface area (Å²) < 4.78 is 17.9. The molecule has 3 nitrogen and oxygen atoms in total. The van der Waals surface area contributed by atoms with Crippen LogP contribution in [0.3, 0.4) is 0 Å². The van der Waals surface area contributed by atoms with Gasteiger partial charge in [-0.25, -0.2) is 4.21 Å². The van der Waals surface area contributed by atoms with Crippen LogP contribution in [-0.2, 0) is 20.3 Å². The van der Waals surface area contributed by atoms with Gasteiger partial charge in [-0.2, -0.15) is 0 Å². The lowest BCUT2D eigenvalue weighted by molar-refractivity contribution is -0.144. The minimum Gasteiger partial charge on any atom is -0.466 e. The first kappa shape index (κ1) is 16.4. The average molecular weight is 316 g/mol. The number of carbonyl (C=O) groups excluding carboxylic acids is 1. The molecular formula is C18H20O3S. The number of ether oxygens (including phenoxy) is 1. The molecule has 0 aliphatic rings. The van der Waals surface area contributed by atoms with Crippen molar-refractivity contribution in [3.63, 3.8) is 0 Å². The van der Waals surface area contributed by atoms with Crippen LogP contribution in [0, 0.1) is 6.92 Å². The Morgan fingerprint density at radius 3 is 2.41 bits per heavy atom. The SMILES string of the molecule is CCOC(=O)[C@@H](C)c1ccccc1[S@@](=O)c1ccc(C)cc1. The van der Waals surface area contributed by atoms with Crippen molar-refractivity contribution in [3.8, 4) is 0 Å². The Morgan fingerprint density at radius 1 is 1.14 bits per heavy atom. The van der Waals surface area contributed by atoms with Gasteiger partial charge < -0.3 is 4.74 Å². The number of rotatable bonds is 5. The molecular weight excluding hydrogens is 296 g/mol. The lowest BCUT2D eigenvalue weighted by Crippen LogP contribution is -2.15. The molecule has 2 atom stereocenters. The van der Waals surface area contributed by atoms with Gasteiger partial charge >= 0.3 is 5.97 Å². The molecule has 0 fully saturated rings. The minimum atomic E-state index is -1.32. The van der Waals surface area contributed by atoms with Gasteiger partial charge in [0.25, 0.3) is 0 Å². The van der Waals surface area contributed by atoms with Gasteiger partial charge in [0.1, 0.15) is 0 Å². The van der Waals surface area contributed by atoms with Crippen LogP contribution in [-0.4, -0.2) is 16.8 Å². The second-order valence-corrected chi connectivity index (χ2v) is 6.54. The summed E-state index contributed by atoms with van der Waals surface area (Å²) in [4.78, 5) is 13.4. The van der Waals surface area contributed by atoms with Gasteiger partial charge in [0.15, 0.2) is 0 Å². The molecule has 0 saturated carbocycles. The molecule has 0 amide bonds. The number of carbonyl (C=O) groups is 1. The summed E-state index contributed by atoms with van der Waals surface area (Å²) in [6, 6.07) is 14.9. The van der Waals surface area contributed by atoms with E-state index in [1.165, 1.54) is 0 Å². The summed E-state index contributed by atoms with van der Waals surface area (Å²) in [7, 11) is -1.32. The zero-order valence-corrected chi connectivity index (χ0v) is 13.9. The Balaban J connectivity index is 2.37. The highest BCUT2D eigenvalue weighted by atomic mass is 32.2. The topological polar surface area (TPSA) is 43.4 Å². The van der Waals surface area contributed by atoms with Crippen molar-refractivity contribution in [3.05, 3.63) is 59.7 Å². The van der Waals surface area contributed by atoms with Crippen LogP contribution < -0.4 is 0 Å². The minimum absolute atomic E-state index is 0.296. The zero-order chi connectivity index (χ0) is 16.1. The van der Waals surface area contributed by atoms with Crippen LogP contribution in [0.5, 0.6) is 0 Å². The summed E-state index contributed by atoms with van der Waals surface area (Å²) in [5.74, 6) is -0.735. The fourth-order valence-electron chi connectivity index (χ4n) is 2.19. The Kier molecular flexibility index (Phi) is 5.50. The highest BCUT2D eigenvalue weighted by Crippen LogP contribution is 2.27. The standard InChI is InChI=1S/C18H20O3S/c1-4-21-18(19)14(3)16-7-5-6-8-17(16)22(20)15-11-9-13(2)10-12-15/h5-12,14H,4H2,1-3H3/t14-,22-/m0/s1. The van der Waals surface area contributed by atoms with Crippen molar-refractivity contribution < 1.29 is 13.7 Å². The second kappa shape index (κ2) is 7.36. The summed E-state index contributed by atoms with van der Waals surface area (Å²) in [6.45, 7) is 5.89. The molecule has 2 aromatic rings. The molecule has 22 heavy (non-hydrogen) atoms. The summed E-state index contributed by atoms with van der Waals surface area (Å²) in [5.41, 5.74) is 1.87. The third kappa shape index (κ3) is 3.63. The van der Waals surface area contributed by atoms with E-state index in [1.54, 1.807) is 19.9 Å². The van der Waals surface area contributed by atoms with E-state index < -0.39 is 16.7 Å². The van der Waals surface area contributed by atoms with Gasteiger partial charge in [-0.1, -0.05) is 35.9 Å². The van der Waals surface area contributed by atoms with Crippen LogP contribution in [0.1, 0.15) is 30.9 Å². The van der Waals surface area contributed by atoms with E-state index in [1.807, 2.05) is 49.4 Å². The van der Waals surface area contributed by atoms with E-state index >= 15 is 0 Å². The van der Waals surface area contributed by atoms with Crippen molar-refractivity contribution in [1.29, 1.82) is 0 Å². The Hall–Kier alpha value is -1.94. The van der Waals surface area contributed by atoms with Gasteiger partial charge in [0.2, 0.25) is 0 Å². The van der Waals surface area contributed by atoms with Crippen molar-refractivity contribution in [2.24, 2.45) is 0 Å². The molecule has 0 N–H and O–H groups in total. The lowest BCUT2D eigenvalue weighted by Gasteiger charge is -2.15. The first-order valence-corrected chi connectivity index (χ1v) is 8.43. The molecule has 2 rings (SSSR count). The largest absolute Gasteiger partial charge is 0.466 e. The molecule has 2 aromatic carbocycles. The number of benzene rings is 2. The van der Waals surface area contributed by atoms with Crippen LogP contribution in [0.4, 0.5) is 0 Å². The summed E-state index contributed by atoms with van der Waals surface area (Å²) in [6.07, 6.45) is 0. The van der Waals surface area contributed by atoms with Gasteiger partial charge in [0.05, 0.1) is 23.3 Å². The van der Waals surface area contributed by atoms with Crippen molar-refractivity contribution in [2.75, 3.05) is 6.61 Å². The van der Waals surface area contributed by atoms with Crippen molar-refractivity contribution in [1.82, 2.24) is 0 Å². The van der Waals surface area contributed by atoms with Crippen LogP contribution in [0.15, 0.2) is 58.3 Å². The van der Waals surface area contributed by atoms with Gasteiger partial charge in [0, 0.05) is 9.79 Å². The van der Waals surface area contributed by atoms with Gasteiger partial charge in [-0.05, 0) is 44.5 Å². The molecule has 0 aliphatic heterocycles. The number of hydrogen-bond donors (Lipinski definition) is 0. The molecule has 0 unspecified atom stereocenters. The molecule has 4 heteroatoms. The first-order valence-electron chi connectivity index (χ1n) is 7.28. The maximum Gasteiger partial charge on any atom is 0.313 e. The van der Waals surface area contributed by atoms with Crippen LogP contribution >= 0.6 is 0 Å². The van der Waals surface area contributed by atoms with E-state index in [-0.39, 0.29) is 5.97 Å². The fraction of sp³-hybridized carbons (Fsp3) is 0.278. The summed E-state index contributed by atoms with van der Waals surface area (Å²) in [5, 5.41) is 0. The molecule has 0 aliphatic carbocycles. The fourth-order valence-corrected chi connectivity index (χ4v) is 3.49. The average Bonchev–Trinajstić information content (AvgIpc) is 2.54. The van der Waals surface area contributed by atoms with Crippen LogP contribution in [0.2, 0.25) is 0 Å². The summed E-state index contributed by atoms with van der Waals surface area (Å²) >= 11 is 0. The molecule has 0 radical (unpaired) electrons. The number of esters is 1. The van der Waals surface area contributed by atoms with E-state index in [9.17, 15) is 9.00 Å². The Labute approximate surface area is 133 Å². The van der Waals surface area contributed by atoms with E-state index in [2.05, 4.69) is 0 Å². The Bertz CT molecular complexity index is 677. The highest BCUT2D eigenvalue weighted by molar-refractivity contribution is 7.85. The number of aryl methyl sites for hydroxylation is 1. The van der Waals surface area contributed by atoms with E-state index in [0.29, 0.717) is 11.5 Å². The molecule has 0 saturated heterocycles. The third-order valence-electron chi connectivity index (χ3n) is 3.46. The maximum atomic E-state index is 12.8. The smallest absolute Gasteiger partial charge is 0.313 e. The third-order valence-corrected chi connectivity index (χ3v) is 4.93.